The molecule has 0 amide bonds. The van der Waals surface area contributed by atoms with Crippen molar-refractivity contribution < 1.29 is 13.2 Å². The van der Waals surface area contributed by atoms with Gasteiger partial charge < -0.3 is 5.32 Å². The van der Waals surface area contributed by atoms with Crippen LogP contribution in [-0.4, -0.2) is 30.2 Å². The van der Waals surface area contributed by atoms with Gasteiger partial charge in [-0.1, -0.05) is 24.3 Å². The van der Waals surface area contributed by atoms with Gasteiger partial charge in [0, 0.05) is 18.6 Å². The second kappa shape index (κ2) is 6.59. The van der Waals surface area contributed by atoms with Crippen molar-refractivity contribution in [3.63, 3.8) is 0 Å². The Hall–Kier alpha value is -1.07. The van der Waals surface area contributed by atoms with Crippen LogP contribution >= 0.6 is 0 Å². The lowest BCUT2D eigenvalue weighted by Gasteiger charge is -2.21. The molecule has 0 aliphatic carbocycles. The zero-order chi connectivity index (χ0) is 15.4. The lowest BCUT2D eigenvalue weighted by Crippen LogP contribution is -2.35. The molecule has 0 saturated heterocycles. The molecule has 0 aromatic heterocycles. The normalized spacial score (nSPS) is 13.0. The van der Waals surface area contributed by atoms with Gasteiger partial charge >= 0.3 is 6.18 Å². The fraction of sp³-hybridized carbons (Fsp3) is 0.600. The van der Waals surface area contributed by atoms with Crippen molar-refractivity contribution in [1.29, 1.82) is 0 Å². The molecule has 0 atom stereocenters. The molecule has 0 saturated carbocycles. The molecule has 0 spiro atoms. The van der Waals surface area contributed by atoms with E-state index in [0.29, 0.717) is 6.54 Å². The van der Waals surface area contributed by atoms with Gasteiger partial charge in [0.25, 0.3) is 0 Å². The van der Waals surface area contributed by atoms with Crippen LogP contribution in [0.4, 0.5) is 13.2 Å². The Morgan fingerprint density at radius 1 is 1.00 bits per heavy atom. The fourth-order valence-electron chi connectivity index (χ4n) is 1.80. The van der Waals surface area contributed by atoms with Crippen LogP contribution in [0, 0.1) is 0 Å². The fourth-order valence-corrected chi connectivity index (χ4v) is 1.80. The number of rotatable bonds is 5. The molecule has 20 heavy (non-hydrogen) atoms. The molecule has 1 rings (SSSR count). The Kier molecular flexibility index (Phi) is 5.59. The van der Waals surface area contributed by atoms with Crippen LogP contribution in [-0.2, 0) is 13.1 Å². The van der Waals surface area contributed by atoms with Gasteiger partial charge in [-0.3, -0.25) is 4.90 Å². The van der Waals surface area contributed by atoms with Crippen molar-refractivity contribution >= 4 is 0 Å². The standard InChI is InChI=1S/C15H23F3N2/c1-14(2,3)19-9-12-5-7-13(8-6-12)10-20(4)11-15(16,17)18/h5-8,19H,9-11H2,1-4H3. The number of benzene rings is 1. The van der Waals surface area contributed by atoms with Gasteiger partial charge in [0.2, 0.25) is 0 Å². The van der Waals surface area contributed by atoms with Crippen molar-refractivity contribution in [2.75, 3.05) is 13.6 Å². The highest BCUT2D eigenvalue weighted by atomic mass is 19.4. The highest BCUT2D eigenvalue weighted by Crippen LogP contribution is 2.17. The van der Waals surface area contributed by atoms with E-state index in [1.165, 1.54) is 11.9 Å². The molecule has 0 unspecified atom stereocenters. The summed E-state index contributed by atoms with van der Waals surface area (Å²) in [6.07, 6.45) is -4.15. The summed E-state index contributed by atoms with van der Waals surface area (Å²) in [4.78, 5) is 1.27. The van der Waals surface area contributed by atoms with E-state index in [1.54, 1.807) is 0 Å². The molecule has 0 aliphatic heterocycles. The monoisotopic (exact) mass is 288 g/mol. The summed E-state index contributed by atoms with van der Waals surface area (Å²) in [5.74, 6) is 0. The van der Waals surface area contributed by atoms with Gasteiger partial charge in [0.05, 0.1) is 6.54 Å². The molecule has 0 fully saturated rings. The van der Waals surface area contributed by atoms with E-state index >= 15 is 0 Å². The maximum atomic E-state index is 12.2. The molecule has 1 N–H and O–H groups in total. The highest BCUT2D eigenvalue weighted by Gasteiger charge is 2.28. The van der Waals surface area contributed by atoms with E-state index < -0.39 is 12.7 Å². The summed E-state index contributed by atoms with van der Waals surface area (Å²) in [6.45, 7) is 6.43. The first-order chi connectivity index (χ1) is 9.05. The third-order valence-electron chi connectivity index (χ3n) is 2.75. The first-order valence-electron chi connectivity index (χ1n) is 6.63. The number of halogens is 3. The zero-order valence-electron chi connectivity index (χ0n) is 12.5. The minimum Gasteiger partial charge on any atom is -0.308 e. The summed E-state index contributed by atoms with van der Waals surface area (Å²) in [7, 11) is 1.47. The Labute approximate surface area is 119 Å². The second-order valence-corrected chi connectivity index (χ2v) is 6.21. The van der Waals surface area contributed by atoms with Crippen molar-refractivity contribution in [3.8, 4) is 0 Å². The van der Waals surface area contributed by atoms with Crippen molar-refractivity contribution in [3.05, 3.63) is 35.4 Å². The number of alkyl halides is 3. The molecule has 5 heteroatoms. The molecule has 0 bridgehead atoms. The van der Waals surface area contributed by atoms with E-state index in [9.17, 15) is 13.2 Å². The van der Waals surface area contributed by atoms with E-state index in [4.69, 9.17) is 0 Å². The van der Waals surface area contributed by atoms with Gasteiger partial charge in [-0.2, -0.15) is 13.2 Å². The summed E-state index contributed by atoms with van der Waals surface area (Å²) in [5.41, 5.74) is 2.06. The van der Waals surface area contributed by atoms with Crippen LogP contribution in [0.1, 0.15) is 31.9 Å². The molecule has 0 aliphatic rings. The van der Waals surface area contributed by atoms with E-state index in [1.807, 2.05) is 24.3 Å². The van der Waals surface area contributed by atoms with Gasteiger partial charge in [0.1, 0.15) is 0 Å². The topological polar surface area (TPSA) is 15.3 Å². The second-order valence-electron chi connectivity index (χ2n) is 6.21. The van der Waals surface area contributed by atoms with E-state index in [2.05, 4.69) is 26.1 Å². The van der Waals surface area contributed by atoms with Gasteiger partial charge in [0.15, 0.2) is 0 Å². The average molecular weight is 288 g/mol. The molecule has 2 nitrogen and oxygen atoms in total. The Morgan fingerprint density at radius 2 is 1.50 bits per heavy atom. The average Bonchev–Trinajstić information content (AvgIpc) is 2.24. The van der Waals surface area contributed by atoms with E-state index in [-0.39, 0.29) is 5.54 Å². The first kappa shape index (κ1) is 17.0. The Bertz CT molecular complexity index is 405. The Morgan fingerprint density at radius 3 is 1.95 bits per heavy atom. The highest BCUT2D eigenvalue weighted by molar-refractivity contribution is 5.22. The predicted octanol–water partition coefficient (Wildman–Crippen LogP) is 3.57. The van der Waals surface area contributed by atoms with Crippen LogP contribution in [0.2, 0.25) is 0 Å². The van der Waals surface area contributed by atoms with Crippen LogP contribution < -0.4 is 5.32 Å². The maximum Gasteiger partial charge on any atom is 0.401 e. The minimum absolute atomic E-state index is 0.0472. The summed E-state index contributed by atoms with van der Waals surface area (Å²) in [6, 6.07) is 7.67. The summed E-state index contributed by atoms with van der Waals surface area (Å²) >= 11 is 0. The quantitative estimate of drug-likeness (QED) is 0.891. The van der Waals surface area contributed by atoms with Crippen LogP contribution in [0.25, 0.3) is 0 Å². The maximum absolute atomic E-state index is 12.2. The summed E-state index contributed by atoms with van der Waals surface area (Å²) in [5, 5.41) is 3.37. The number of nitrogens with zero attached hydrogens (tertiary/aromatic N) is 1. The van der Waals surface area contributed by atoms with E-state index in [0.717, 1.165) is 17.7 Å². The van der Waals surface area contributed by atoms with Crippen molar-refractivity contribution in [2.45, 2.75) is 45.6 Å². The third-order valence-corrected chi connectivity index (χ3v) is 2.75. The minimum atomic E-state index is -4.15. The first-order valence-corrected chi connectivity index (χ1v) is 6.63. The number of hydrogen-bond acceptors (Lipinski definition) is 2. The smallest absolute Gasteiger partial charge is 0.308 e. The Balaban J connectivity index is 2.50. The van der Waals surface area contributed by atoms with Crippen molar-refractivity contribution in [2.24, 2.45) is 0 Å². The molecule has 1 aromatic rings. The molecule has 114 valence electrons. The molecule has 1 aromatic carbocycles. The largest absolute Gasteiger partial charge is 0.401 e. The molecular formula is C15H23F3N2. The van der Waals surface area contributed by atoms with Crippen LogP contribution in [0.15, 0.2) is 24.3 Å². The summed E-state index contributed by atoms with van der Waals surface area (Å²) < 4.78 is 36.7. The predicted molar refractivity (Wildman–Crippen MR) is 75.4 cm³/mol. The SMILES string of the molecule is CN(Cc1ccc(CNC(C)(C)C)cc1)CC(F)(F)F. The van der Waals surface area contributed by atoms with Crippen molar-refractivity contribution in [1.82, 2.24) is 10.2 Å². The molecule has 0 heterocycles. The lowest BCUT2D eigenvalue weighted by atomic mass is 10.1. The molecular weight excluding hydrogens is 265 g/mol. The number of hydrogen-bond donors (Lipinski definition) is 1. The lowest BCUT2D eigenvalue weighted by molar-refractivity contribution is -0.144. The van der Waals surface area contributed by atoms with Gasteiger partial charge in [-0.15, -0.1) is 0 Å². The van der Waals surface area contributed by atoms with Crippen LogP contribution in [0.5, 0.6) is 0 Å². The zero-order valence-corrected chi connectivity index (χ0v) is 12.5. The van der Waals surface area contributed by atoms with Crippen LogP contribution in [0.3, 0.4) is 0 Å². The van der Waals surface area contributed by atoms with Gasteiger partial charge in [-0.25, -0.2) is 0 Å². The number of nitrogens with one attached hydrogen (secondary N) is 1. The van der Waals surface area contributed by atoms with Gasteiger partial charge in [-0.05, 0) is 38.9 Å². The third kappa shape index (κ3) is 7.50. The molecule has 0 radical (unpaired) electrons.